The molecule has 0 aliphatic carbocycles. The topological polar surface area (TPSA) is 84.0 Å². The molecule has 0 radical (unpaired) electrons. The maximum absolute atomic E-state index is 12.5. The first-order valence-corrected chi connectivity index (χ1v) is 9.94. The van der Waals surface area contributed by atoms with Crippen LogP contribution in [0.15, 0.2) is 48.8 Å². The van der Waals surface area contributed by atoms with Crippen LogP contribution >= 0.6 is 22.9 Å². The molecular weight excluding hydrogens is 396 g/mol. The van der Waals surface area contributed by atoms with Crippen molar-refractivity contribution >= 4 is 39.8 Å². The summed E-state index contributed by atoms with van der Waals surface area (Å²) in [6, 6.07) is 10.3. The minimum absolute atomic E-state index is 0.0774. The van der Waals surface area contributed by atoms with E-state index in [1.165, 1.54) is 11.3 Å². The third kappa shape index (κ3) is 5.15. The van der Waals surface area contributed by atoms with Gasteiger partial charge in [0.25, 0.3) is 5.91 Å². The van der Waals surface area contributed by atoms with Gasteiger partial charge in [-0.15, -0.1) is 0 Å². The van der Waals surface area contributed by atoms with Crippen LogP contribution in [0.5, 0.6) is 0 Å². The van der Waals surface area contributed by atoms with Crippen LogP contribution in [0, 0.1) is 6.92 Å². The van der Waals surface area contributed by atoms with Crippen molar-refractivity contribution in [3.63, 3.8) is 0 Å². The average Bonchev–Trinajstić information content (AvgIpc) is 3.17. The molecule has 0 unspecified atom stereocenters. The van der Waals surface area contributed by atoms with Gasteiger partial charge in [-0.2, -0.15) is 0 Å². The minimum atomic E-state index is -0.134. The Labute approximate surface area is 172 Å². The van der Waals surface area contributed by atoms with Crippen LogP contribution in [0.3, 0.4) is 0 Å². The van der Waals surface area contributed by atoms with E-state index >= 15 is 0 Å². The molecule has 28 heavy (non-hydrogen) atoms. The van der Waals surface area contributed by atoms with Gasteiger partial charge in [0.1, 0.15) is 0 Å². The van der Waals surface area contributed by atoms with Crippen LogP contribution in [0.4, 0.5) is 5.13 Å². The lowest BCUT2D eigenvalue weighted by molar-refractivity contribution is 0.0953. The fourth-order valence-corrected chi connectivity index (χ4v) is 3.43. The number of anilines is 1. The number of benzene rings is 1. The number of amides is 1. The highest BCUT2D eigenvalue weighted by Crippen LogP contribution is 2.22. The number of thiazole rings is 1. The molecule has 8 heteroatoms. The van der Waals surface area contributed by atoms with E-state index in [0.717, 1.165) is 6.42 Å². The summed E-state index contributed by atoms with van der Waals surface area (Å²) < 4.78 is 0. The molecule has 0 aliphatic rings. The molecule has 6 nitrogen and oxygen atoms in total. The van der Waals surface area contributed by atoms with Gasteiger partial charge in [-0.1, -0.05) is 22.9 Å². The molecule has 1 amide bonds. The number of aryl methyl sites for hydroxylation is 1. The number of nitrogens with one attached hydrogen (secondary N) is 2. The highest BCUT2D eigenvalue weighted by molar-refractivity contribution is 7.17. The van der Waals surface area contributed by atoms with E-state index in [1.807, 2.05) is 6.92 Å². The Bertz CT molecular complexity index is 972. The first kappa shape index (κ1) is 20.0. The summed E-state index contributed by atoms with van der Waals surface area (Å²) in [5, 5.41) is 7.31. The second-order valence-electron chi connectivity index (χ2n) is 6.04. The summed E-state index contributed by atoms with van der Waals surface area (Å²) >= 11 is 7.12. The summed E-state index contributed by atoms with van der Waals surface area (Å²) in [6.07, 6.45) is 3.96. The molecule has 0 saturated heterocycles. The van der Waals surface area contributed by atoms with Gasteiger partial charge in [0.2, 0.25) is 5.78 Å². The number of carbonyl (C=O) groups excluding carboxylic acids is 2. The number of hydrogen-bond acceptors (Lipinski definition) is 6. The van der Waals surface area contributed by atoms with E-state index in [-0.39, 0.29) is 11.7 Å². The van der Waals surface area contributed by atoms with E-state index in [4.69, 9.17) is 11.6 Å². The molecule has 0 saturated carbocycles. The Kier molecular flexibility index (Phi) is 6.73. The van der Waals surface area contributed by atoms with Crippen LogP contribution in [0.25, 0.3) is 0 Å². The monoisotopic (exact) mass is 414 g/mol. The first-order chi connectivity index (χ1) is 13.5. The van der Waals surface area contributed by atoms with Crippen LogP contribution in [0.2, 0.25) is 5.02 Å². The van der Waals surface area contributed by atoms with Crippen LogP contribution < -0.4 is 10.6 Å². The molecule has 2 aromatic heterocycles. The second kappa shape index (κ2) is 9.43. The summed E-state index contributed by atoms with van der Waals surface area (Å²) in [4.78, 5) is 33.5. The predicted molar refractivity (Wildman–Crippen MR) is 111 cm³/mol. The number of carbonyl (C=O) groups is 2. The van der Waals surface area contributed by atoms with Crippen LogP contribution in [0.1, 0.15) is 37.7 Å². The molecular formula is C20H19ClN4O2S. The zero-order valence-electron chi connectivity index (χ0n) is 15.2. The normalized spacial score (nSPS) is 10.5. The quantitative estimate of drug-likeness (QED) is 0.430. The first-order valence-electron chi connectivity index (χ1n) is 8.74. The van der Waals surface area contributed by atoms with Crippen LogP contribution in [-0.4, -0.2) is 34.7 Å². The van der Waals surface area contributed by atoms with Gasteiger partial charge in [0.15, 0.2) is 5.13 Å². The zero-order chi connectivity index (χ0) is 19.9. The largest absolute Gasteiger partial charge is 0.361 e. The number of rotatable bonds is 8. The molecule has 0 spiro atoms. The molecule has 0 atom stereocenters. The van der Waals surface area contributed by atoms with Gasteiger partial charge in [-0.3, -0.25) is 14.6 Å². The van der Waals surface area contributed by atoms with Crippen molar-refractivity contribution in [3.8, 4) is 0 Å². The Morgan fingerprint density at radius 2 is 1.89 bits per heavy atom. The van der Waals surface area contributed by atoms with Gasteiger partial charge in [0.05, 0.1) is 11.1 Å². The van der Waals surface area contributed by atoms with Crippen LogP contribution in [-0.2, 0) is 0 Å². The molecule has 0 bridgehead atoms. The smallest absolute Gasteiger partial charge is 0.251 e. The third-order valence-corrected chi connectivity index (χ3v) is 5.21. The molecule has 3 rings (SSSR count). The number of ketones is 1. The standard InChI is InChI=1S/C20H19ClN4O2S/c1-13-16(4-2-9-22-13)18(26)17-12-25-20(28-17)24-11-3-10-23-19(27)14-5-7-15(21)8-6-14/h2,4-9,12H,3,10-11H2,1H3,(H,23,27)(H,24,25). The summed E-state index contributed by atoms with van der Waals surface area (Å²) in [5.41, 5.74) is 1.86. The number of halogens is 1. The highest BCUT2D eigenvalue weighted by atomic mass is 35.5. The van der Waals surface area contributed by atoms with E-state index in [0.29, 0.717) is 44.9 Å². The zero-order valence-corrected chi connectivity index (χ0v) is 16.8. The van der Waals surface area contributed by atoms with Crippen molar-refractivity contribution in [2.75, 3.05) is 18.4 Å². The Morgan fingerprint density at radius 1 is 1.11 bits per heavy atom. The summed E-state index contributed by atoms with van der Waals surface area (Å²) in [6.45, 7) is 2.97. The average molecular weight is 415 g/mol. The third-order valence-electron chi connectivity index (χ3n) is 4.00. The van der Waals surface area contributed by atoms with Crippen molar-refractivity contribution in [1.82, 2.24) is 15.3 Å². The van der Waals surface area contributed by atoms with E-state index in [2.05, 4.69) is 20.6 Å². The maximum atomic E-state index is 12.5. The van der Waals surface area contributed by atoms with E-state index in [1.54, 1.807) is 48.8 Å². The number of hydrogen-bond donors (Lipinski definition) is 2. The second-order valence-corrected chi connectivity index (χ2v) is 7.51. The molecule has 2 heterocycles. The fourth-order valence-electron chi connectivity index (χ4n) is 2.51. The van der Waals surface area contributed by atoms with E-state index < -0.39 is 0 Å². The van der Waals surface area contributed by atoms with Crippen molar-refractivity contribution in [2.45, 2.75) is 13.3 Å². The molecule has 2 N–H and O–H groups in total. The maximum Gasteiger partial charge on any atom is 0.251 e. The number of aromatic nitrogens is 2. The van der Waals surface area contributed by atoms with Gasteiger partial charge >= 0.3 is 0 Å². The van der Waals surface area contributed by atoms with Gasteiger partial charge in [-0.25, -0.2) is 4.98 Å². The van der Waals surface area contributed by atoms with Crippen molar-refractivity contribution in [3.05, 3.63) is 75.5 Å². The number of pyridine rings is 1. The minimum Gasteiger partial charge on any atom is -0.361 e. The van der Waals surface area contributed by atoms with Gasteiger partial charge < -0.3 is 10.6 Å². The highest BCUT2D eigenvalue weighted by Gasteiger charge is 2.15. The Morgan fingerprint density at radius 3 is 2.64 bits per heavy atom. The summed E-state index contributed by atoms with van der Waals surface area (Å²) in [7, 11) is 0. The number of nitrogens with zero attached hydrogens (tertiary/aromatic N) is 2. The Balaban J connectivity index is 1.43. The van der Waals surface area contributed by atoms with Crippen molar-refractivity contribution < 1.29 is 9.59 Å². The molecule has 3 aromatic rings. The lowest BCUT2D eigenvalue weighted by Gasteiger charge is -2.06. The summed E-state index contributed by atoms with van der Waals surface area (Å²) in [5.74, 6) is -0.211. The lowest BCUT2D eigenvalue weighted by Crippen LogP contribution is -2.25. The molecule has 144 valence electrons. The van der Waals surface area contributed by atoms with Gasteiger partial charge in [-0.05, 0) is 49.7 Å². The predicted octanol–water partition coefficient (Wildman–Crippen LogP) is 3.96. The molecule has 0 aliphatic heterocycles. The molecule has 0 fully saturated rings. The lowest BCUT2D eigenvalue weighted by atomic mass is 10.1. The van der Waals surface area contributed by atoms with Crippen molar-refractivity contribution in [1.29, 1.82) is 0 Å². The van der Waals surface area contributed by atoms with Crippen molar-refractivity contribution in [2.24, 2.45) is 0 Å². The van der Waals surface area contributed by atoms with Gasteiger partial charge in [0, 0.05) is 41.1 Å². The van der Waals surface area contributed by atoms with E-state index in [9.17, 15) is 9.59 Å². The SMILES string of the molecule is Cc1ncccc1C(=O)c1cnc(NCCCNC(=O)c2ccc(Cl)cc2)s1. The fraction of sp³-hybridized carbons (Fsp3) is 0.200. The molecule has 1 aromatic carbocycles. The Hall–Kier alpha value is -2.77.